The van der Waals surface area contributed by atoms with Gasteiger partial charge in [0.1, 0.15) is 0 Å². The molecule has 1 aromatic rings. The zero-order valence-electron chi connectivity index (χ0n) is 8.93. The molecular weight excluding hydrogens is 196 g/mol. The minimum absolute atomic E-state index is 0.580. The minimum atomic E-state index is -1.12. The fourth-order valence-electron chi connectivity index (χ4n) is 1.26. The van der Waals surface area contributed by atoms with Gasteiger partial charge in [-0.15, -0.1) is 0 Å². The highest BCUT2D eigenvalue weighted by Gasteiger charge is 2.28. The molecule has 0 saturated heterocycles. The minimum Gasteiger partial charge on any atom is -0.472 e. The maximum absolute atomic E-state index is 10.7. The van der Waals surface area contributed by atoms with Crippen molar-refractivity contribution < 1.29 is 14.3 Å². The van der Waals surface area contributed by atoms with Crippen molar-refractivity contribution in [3.8, 4) is 0 Å². The molecule has 0 bridgehead atoms. The third-order valence-corrected chi connectivity index (χ3v) is 2.46. The number of nitrogens with zero attached hydrogens (tertiary/aromatic N) is 1. The van der Waals surface area contributed by atoms with E-state index in [0.29, 0.717) is 6.42 Å². The molecule has 15 heavy (non-hydrogen) atoms. The number of nitrogens with two attached hydrogens (primary N) is 1. The number of hydrogen-bond acceptors (Lipinski definition) is 3. The summed E-state index contributed by atoms with van der Waals surface area (Å²) >= 11 is 0. The van der Waals surface area contributed by atoms with Crippen LogP contribution in [0.15, 0.2) is 23.0 Å². The fourth-order valence-corrected chi connectivity index (χ4v) is 1.26. The molecule has 84 valence electrons. The zero-order valence-corrected chi connectivity index (χ0v) is 8.93. The lowest BCUT2D eigenvalue weighted by Crippen LogP contribution is -2.51. The zero-order chi connectivity index (χ0) is 11.5. The molecule has 0 aliphatic heterocycles. The second kappa shape index (κ2) is 4.35. The Morgan fingerprint density at radius 2 is 2.33 bits per heavy atom. The largest absolute Gasteiger partial charge is 0.472 e. The fraction of sp³-hybridized carbons (Fsp3) is 0.500. The smallest absolute Gasteiger partial charge is 0.422 e. The van der Waals surface area contributed by atoms with Crippen LogP contribution in [-0.2, 0) is 6.42 Å². The van der Waals surface area contributed by atoms with Crippen LogP contribution in [0.3, 0.4) is 0 Å². The Morgan fingerprint density at radius 3 is 2.80 bits per heavy atom. The van der Waals surface area contributed by atoms with Gasteiger partial charge < -0.3 is 9.52 Å². The third-order valence-electron chi connectivity index (χ3n) is 2.46. The molecule has 0 spiro atoms. The van der Waals surface area contributed by atoms with E-state index in [1.165, 1.54) is 0 Å². The van der Waals surface area contributed by atoms with Gasteiger partial charge in [0.05, 0.1) is 18.1 Å². The van der Waals surface area contributed by atoms with Crippen LogP contribution in [0.4, 0.5) is 4.79 Å². The molecular formula is C10H16N2O3. The van der Waals surface area contributed by atoms with E-state index in [0.717, 1.165) is 17.0 Å². The quantitative estimate of drug-likeness (QED) is 0.453. The number of carbonyl (C=O) groups is 1. The van der Waals surface area contributed by atoms with E-state index in [4.69, 9.17) is 15.4 Å². The normalized spacial score (nSPS) is 11.4. The lowest BCUT2D eigenvalue weighted by molar-refractivity contribution is 0.0881. The summed E-state index contributed by atoms with van der Waals surface area (Å²) in [7, 11) is 0. The second-order valence-corrected chi connectivity index (χ2v) is 4.10. The van der Waals surface area contributed by atoms with Gasteiger partial charge in [0.25, 0.3) is 0 Å². The van der Waals surface area contributed by atoms with Gasteiger partial charge in [-0.3, -0.25) is 0 Å². The van der Waals surface area contributed by atoms with Crippen molar-refractivity contribution in [1.82, 2.24) is 5.01 Å². The maximum Gasteiger partial charge on any atom is 0.422 e. The molecule has 0 saturated carbocycles. The molecule has 0 atom stereocenters. The van der Waals surface area contributed by atoms with E-state index >= 15 is 0 Å². The van der Waals surface area contributed by atoms with Crippen LogP contribution in [0.2, 0.25) is 0 Å². The standard InChI is InChI=1S/C10H16N2O3/c1-10(2,12(11)9(13)14)5-3-8-4-6-15-7-8/h4,6-7H,3,5,11H2,1-2H3,(H,13,14). The molecule has 5 heteroatoms. The van der Waals surface area contributed by atoms with Crippen molar-refractivity contribution >= 4 is 6.09 Å². The second-order valence-electron chi connectivity index (χ2n) is 4.10. The molecule has 1 aromatic heterocycles. The molecule has 0 aromatic carbocycles. The Morgan fingerprint density at radius 1 is 1.67 bits per heavy atom. The van der Waals surface area contributed by atoms with E-state index in [9.17, 15) is 4.79 Å². The number of aryl methyl sites for hydroxylation is 1. The molecule has 0 radical (unpaired) electrons. The number of carboxylic acid groups (broad SMARTS) is 1. The topological polar surface area (TPSA) is 79.7 Å². The first-order valence-corrected chi connectivity index (χ1v) is 4.72. The van der Waals surface area contributed by atoms with Gasteiger partial charge >= 0.3 is 6.09 Å². The van der Waals surface area contributed by atoms with Crippen LogP contribution >= 0.6 is 0 Å². The average molecular weight is 212 g/mol. The first kappa shape index (κ1) is 11.6. The summed E-state index contributed by atoms with van der Waals surface area (Å²) in [5.74, 6) is 5.44. The molecule has 0 aliphatic rings. The molecule has 0 unspecified atom stereocenters. The Balaban J connectivity index is 2.53. The van der Waals surface area contributed by atoms with Crippen molar-refractivity contribution in [1.29, 1.82) is 0 Å². The highest BCUT2D eigenvalue weighted by Crippen LogP contribution is 2.18. The SMILES string of the molecule is CC(C)(CCc1ccoc1)N(N)C(=O)O. The summed E-state index contributed by atoms with van der Waals surface area (Å²) in [6.45, 7) is 3.59. The van der Waals surface area contributed by atoms with E-state index in [-0.39, 0.29) is 0 Å². The Bertz CT molecular complexity index is 319. The van der Waals surface area contributed by atoms with Gasteiger partial charge in [-0.25, -0.2) is 15.6 Å². The van der Waals surface area contributed by atoms with Crippen molar-refractivity contribution in [2.45, 2.75) is 32.2 Å². The van der Waals surface area contributed by atoms with Gasteiger partial charge in [-0.2, -0.15) is 0 Å². The molecule has 3 N–H and O–H groups in total. The van der Waals surface area contributed by atoms with E-state index in [1.54, 1.807) is 26.4 Å². The number of hydrazine groups is 1. The van der Waals surface area contributed by atoms with Crippen molar-refractivity contribution in [2.24, 2.45) is 5.84 Å². The third kappa shape index (κ3) is 2.99. The molecule has 1 heterocycles. The molecule has 0 fully saturated rings. The van der Waals surface area contributed by atoms with Crippen molar-refractivity contribution in [3.05, 3.63) is 24.2 Å². The number of amides is 1. The Hall–Kier alpha value is -1.49. The number of rotatable bonds is 4. The summed E-state index contributed by atoms with van der Waals surface area (Å²) in [6, 6.07) is 1.86. The predicted octanol–water partition coefficient (Wildman–Crippen LogP) is 1.84. The monoisotopic (exact) mass is 212 g/mol. The summed E-state index contributed by atoms with van der Waals surface area (Å²) < 4.78 is 4.93. The summed E-state index contributed by atoms with van der Waals surface area (Å²) in [5.41, 5.74) is 0.463. The van der Waals surface area contributed by atoms with Crippen LogP contribution in [0, 0.1) is 0 Å². The van der Waals surface area contributed by atoms with E-state index in [1.807, 2.05) is 6.07 Å². The number of furan rings is 1. The number of hydrogen-bond donors (Lipinski definition) is 2. The van der Waals surface area contributed by atoms with Gasteiger partial charge in [-0.1, -0.05) is 0 Å². The van der Waals surface area contributed by atoms with Crippen LogP contribution < -0.4 is 5.84 Å². The Labute approximate surface area is 88.4 Å². The van der Waals surface area contributed by atoms with Gasteiger partial charge in [0, 0.05) is 0 Å². The summed E-state index contributed by atoms with van der Waals surface area (Å²) in [4.78, 5) is 10.7. The lowest BCUT2D eigenvalue weighted by atomic mass is 9.96. The molecule has 1 rings (SSSR count). The summed E-state index contributed by atoms with van der Waals surface area (Å²) in [5, 5.41) is 9.60. The highest BCUT2D eigenvalue weighted by molar-refractivity contribution is 5.65. The molecule has 1 amide bonds. The van der Waals surface area contributed by atoms with Crippen LogP contribution in [0.1, 0.15) is 25.8 Å². The molecule has 0 aliphatic carbocycles. The first-order chi connectivity index (χ1) is 6.93. The van der Waals surface area contributed by atoms with Crippen LogP contribution in [-0.4, -0.2) is 21.7 Å². The van der Waals surface area contributed by atoms with E-state index < -0.39 is 11.6 Å². The average Bonchev–Trinajstić information content (AvgIpc) is 2.66. The first-order valence-electron chi connectivity index (χ1n) is 4.72. The maximum atomic E-state index is 10.7. The van der Waals surface area contributed by atoms with Gasteiger partial charge in [0.15, 0.2) is 0 Å². The van der Waals surface area contributed by atoms with Gasteiger partial charge in [-0.05, 0) is 38.3 Å². The molecule has 5 nitrogen and oxygen atoms in total. The van der Waals surface area contributed by atoms with Crippen molar-refractivity contribution in [2.75, 3.05) is 0 Å². The predicted molar refractivity (Wildman–Crippen MR) is 55.2 cm³/mol. The van der Waals surface area contributed by atoms with Crippen molar-refractivity contribution in [3.63, 3.8) is 0 Å². The Kier molecular flexibility index (Phi) is 3.36. The highest BCUT2D eigenvalue weighted by atomic mass is 16.4. The lowest BCUT2D eigenvalue weighted by Gasteiger charge is -2.32. The van der Waals surface area contributed by atoms with Gasteiger partial charge in [0.2, 0.25) is 0 Å². The van der Waals surface area contributed by atoms with E-state index in [2.05, 4.69) is 0 Å². The van der Waals surface area contributed by atoms with Crippen LogP contribution in [0.5, 0.6) is 0 Å². The summed E-state index contributed by atoms with van der Waals surface area (Å²) in [6.07, 6.45) is 3.52. The van der Waals surface area contributed by atoms with Crippen LogP contribution in [0.25, 0.3) is 0 Å².